The number of rotatable bonds is 7. The van der Waals surface area contributed by atoms with E-state index < -0.39 is 6.04 Å². The number of anilines is 1. The third-order valence-electron chi connectivity index (χ3n) is 3.69. The van der Waals surface area contributed by atoms with Crippen LogP contribution in [0.4, 0.5) is 5.69 Å². The normalized spacial score (nSPS) is 12.0. The molecule has 0 heterocycles. The van der Waals surface area contributed by atoms with Crippen LogP contribution in [0.1, 0.15) is 57.3 Å². The van der Waals surface area contributed by atoms with Crippen LogP contribution in [0.15, 0.2) is 24.3 Å². The fourth-order valence-corrected chi connectivity index (χ4v) is 1.85. The van der Waals surface area contributed by atoms with Crippen LogP contribution in [-0.4, -0.2) is 23.4 Å². The number of halogens is 1. The molecule has 0 radical (unpaired) electrons. The average Bonchev–Trinajstić information content (AvgIpc) is 2.47. The molecule has 130 valence electrons. The number of nitrogens with two attached hydrogens (primary N) is 1. The zero-order valence-corrected chi connectivity index (χ0v) is 15.1. The molecule has 5 nitrogen and oxygen atoms in total. The second-order valence-corrected chi connectivity index (χ2v) is 6.15. The first-order chi connectivity index (χ1) is 10.3. The molecule has 0 fully saturated rings. The first-order valence-electron chi connectivity index (χ1n) is 7.78. The Bertz CT molecular complexity index is 515. The first-order valence-corrected chi connectivity index (χ1v) is 7.78. The Hall–Kier alpha value is -1.59. The highest BCUT2D eigenvalue weighted by molar-refractivity contribution is 5.97. The van der Waals surface area contributed by atoms with Crippen LogP contribution in [0.25, 0.3) is 0 Å². The Morgan fingerprint density at radius 2 is 1.74 bits per heavy atom. The van der Waals surface area contributed by atoms with Gasteiger partial charge in [0.05, 0.1) is 6.04 Å². The summed E-state index contributed by atoms with van der Waals surface area (Å²) in [6.07, 6.45) is 2.36. The predicted molar refractivity (Wildman–Crippen MR) is 97.0 cm³/mol. The molecule has 0 aromatic heterocycles. The molecular formula is C17H28ClN3O2. The first kappa shape index (κ1) is 21.4. The molecule has 1 rings (SSSR count). The van der Waals surface area contributed by atoms with Crippen molar-refractivity contribution < 1.29 is 9.59 Å². The molecule has 0 saturated carbocycles. The van der Waals surface area contributed by atoms with Crippen LogP contribution in [0.5, 0.6) is 0 Å². The Morgan fingerprint density at radius 3 is 2.22 bits per heavy atom. The molecule has 23 heavy (non-hydrogen) atoms. The molecule has 0 aliphatic heterocycles. The summed E-state index contributed by atoms with van der Waals surface area (Å²) in [4.78, 5) is 24.0. The quantitative estimate of drug-likeness (QED) is 0.712. The van der Waals surface area contributed by atoms with Crippen LogP contribution in [0.3, 0.4) is 0 Å². The van der Waals surface area contributed by atoms with Gasteiger partial charge in [-0.1, -0.05) is 20.3 Å². The van der Waals surface area contributed by atoms with Crippen molar-refractivity contribution in [1.29, 1.82) is 0 Å². The summed E-state index contributed by atoms with van der Waals surface area (Å²) in [5.41, 5.74) is 6.73. The van der Waals surface area contributed by atoms with E-state index in [4.69, 9.17) is 5.73 Å². The van der Waals surface area contributed by atoms with Gasteiger partial charge in [0.1, 0.15) is 0 Å². The van der Waals surface area contributed by atoms with Gasteiger partial charge < -0.3 is 16.4 Å². The van der Waals surface area contributed by atoms with Gasteiger partial charge in [0, 0.05) is 16.8 Å². The Kier molecular flexibility index (Phi) is 8.87. The summed E-state index contributed by atoms with van der Waals surface area (Å²) in [5.74, 6) is -0.321. The van der Waals surface area contributed by atoms with Crippen LogP contribution in [0, 0.1) is 0 Å². The molecule has 0 aliphatic carbocycles. The summed E-state index contributed by atoms with van der Waals surface area (Å²) in [5, 5.41) is 5.73. The minimum absolute atomic E-state index is 0. The van der Waals surface area contributed by atoms with Gasteiger partial charge in [-0.15, -0.1) is 12.4 Å². The molecular weight excluding hydrogens is 314 g/mol. The topological polar surface area (TPSA) is 84.2 Å². The van der Waals surface area contributed by atoms with Gasteiger partial charge in [-0.25, -0.2) is 0 Å². The van der Waals surface area contributed by atoms with Crippen molar-refractivity contribution in [1.82, 2.24) is 5.32 Å². The van der Waals surface area contributed by atoms with E-state index in [1.54, 1.807) is 24.3 Å². The van der Waals surface area contributed by atoms with Gasteiger partial charge in [-0.2, -0.15) is 0 Å². The molecule has 1 unspecified atom stereocenters. The summed E-state index contributed by atoms with van der Waals surface area (Å²) < 4.78 is 0. The zero-order chi connectivity index (χ0) is 16.8. The van der Waals surface area contributed by atoms with E-state index in [0.29, 0.717) is 17.7 Å². The smallest absolute Gasteiger partial charge is 0.251 e. The van der Waals surface area contributed by atoms with Crippen LogP contribution >= 0.6 is 12.4 Å². The van der Waals surface area contributed by atoms with Gasteiger partial charge in [0.15, 0.2) is 0 Å². The van der Waals surface area contributed by atoms with Gasteiger partial charge >= 0.3 is 0 Å². The van der Waals surface area contributed by atoms with Crippen molar-refractivity contribution in [3.63, 3.8) is 0 Å². The van der Waals surface area contributed by atoms with Crippen LogP contribution in [-0.2, 0) is 4.79 Å². The molecule has 0 aliphatic rings. The fraction of sp³-hybridized carbons (Fsp3) is 0.529. The molecule has 1 aromatic rings. The zero-order valence-electron chi connectivity index (χ0n) is 14.3. The summed E-state index contributed by atoms with van der Waals surface area (Å²) in [6.45, 7) is 7.97. The summed E-state index contributed by atoms with van der Waals surface area (Å²) in [6, 6.07) is 6.32. The maximum absolute atomic E-state index is 12.1. The van der Waals surface area contributed by atoms with E-state index >= 15 is 0 Å². The van der Waals surface area contributed by atoms with Gasteiger partial charge in [-0.3, -0.25) is 9.59 Å². The summed E-state index contributed by atoms with van der Waals surface area (Å²) in [7, 11) is 0. The minimum Gasteiger partial charge on any atom is -0.347 e. The largest absolute Gasteiger partial charge is 0.347 e. The molecule has 2 amide bonds. The van der Waals surface area contributed by atoms with Crippen LogP contribution < -0.4 is 16.4 Å². The molecule has 0 bridgehead atoms. The lowest BCUT2D eigenvalue weighted by molar-refractivity contribution is -0.117. The third kappa shape index (κ3) is 7.01. The lowest BCUT2D eigenvalue weighted by Gasteiger charge is -2.24. The molecule has 4 N–H and O–H groups in total. The Balaban J connectivity index is 0.00000484. The van der Waals surface area contributed by atoms with E-state index in [1.165, 1.54) is 0 Å². The van der Waals surface area contributed by atoms with E-state index in [-0.39, 0.29) is 29.8 Å². The van der Waals surface area contributed by atoms with Gasteiger partial charge in [-0.05, 0) is 51.0 Å². The Labute approximate surface area is 144 Å². The predicted octanol–water partition coefficient (Wildman–Crippen LogP) is 3.09. The standard InChI is InChI=1S/C17H27N3O2.ClH/c1-5-7-14(18)16(22)19-13-10-8-12(9-11-13)15(21)20-17(3,4)6-2;/h8-11,14H,5-7,18H2,1-4H3,(H,19,22)(H,20,21);1H. The number of benzene rings is 1. The number of carbonyl (C=O) groups excluding carboxylic acids is 2. The number of carbonyl (C=O) groups is 2. The molecule has 0 saturated heterocycles. The van der Waals surface area contributed by atoms with Crippen molar-refractivity contribution in [2.45, 2.75) is 58.5 Å². The van der Waals surface area contributed by atoms with Crippen molar-refractivity contribution in [2.75, 3.05) is 5.32 Å². The maximum Gasteiger partial charge on any atom is 0.251 e. The summed E-state index contributed by atoms with van der Waals surface area (Å²) >= 11 is 0. The second-order valence-electron chi connectivity index (χ2n) is 6.15. The van der Waals surface area contributed by atoms with Crippen LogP contribution in [0.2, 0.25) is 0 Å². The number of nitrogens with one attached hydrogen (secondary N) is 2. The SMILES string of the molecule is CCCC(N)C(=O)Nc1ccc(C(=O)NC(C)(C)CC)cc1.Cl. The maximum atomic E-state index is 12.1. The number of hydrogen-bond donors (Lipinski definition) is 3. The van der Waals surface area contributed by atoms with E-state index in [9.17, 15) is 9.59 Å². The molecule has 0 spiro atoms. The van der Waals surface area contributed by atoms with Crippen molar-refractivity contribution >= 4 is 29.9 Å². The van der Waals surface area contributed by atoms with Crippen molar-refractivity contribution in [3.05, 3.63) is 29.8 Å². The van der Waals surface area contributed by atoms with E-state index in [0.717, 1.165) is 12.8 Å². The molecule has 1 aromatic carbocycles. The second kappa shape index (κ2) is 9.53. The number of amides is 2. The fourth-order valence-electron chi connectivity index (χ4n) is 1.85. The number of hydrogen-bond acceptors (Lipinski definition) is 3. The van der Waals surface area contributed by atoms with Crippen molar-refractivity contribution in [2.24, 2.45) is 5.73 Å². The van der Waals surface area contributed by atoms with Gasteiger partial charge in [0.2, 0.25) is 5.91 Å². The van der Waals surface area contributed by atoms with Crippen molar-refractivity contribution in [3.8, 4) is 0 Å². The monoisotopic (exact) mass is 341 g/mol. The average molecular weight is 342 g/mol. The van der Waals surface area contributed by atoms with Gasteiger partial charge in [0.25, 0.3) is 5.91 Å². The van der Waals surface area contributed by atoms with E-state index in [1.807, 2.05) is 27.7 Å². The highest BCUT2D eigenvalue weighted by Crippen LogP contribution is 2.13. The lowest BCUT2D eigenvalue weighted by atomic mass is 10.0. The Morgan fingerprint density at radius 1 is 1.17 bits per heavy atom. The third-order valence-corrected chi connectivity index (χ3v) is 3.69. The highest BCUT2D eigenvalue weighted by Gasteiger charge is 2.19. The highest BCUT2D eigenvalue weighted by atomic mass is 35.5. The molecule has 6 heteroatoms. The minimum atomic E-state index is -0.502. The lowest BCUT2D eigenvalue weighted by Crippen LogP contribution is -2.42. The van der Waals surface area contributed by atoms with E-state index in [2.05, 4.69) is 10.6 Å². The molecule has 1 atom stereocenters.